The molecule has 0 aliphatic carbocycles. The number of carbonyl (C=O) groups excluding carboxylic acids is 1. The van der Waals surface area contributed by atoms with Crippen LogP contribution in [-0.4, -0.2) is 40.4 Å². The summed E-state index contributed by atoms with van der Waals surface area (Å²) in [6, 6.07) is 3.78. The highest BCUT2D eigenvalue weighted by Gasteiger charge is 2.15. The van der Waals surface area contributed by atoms with Gasteiger partial charge in [0.05, 0.1) is 11.1 Å². The minimum absolute atomic E-state index is 0.121. The van der Waals surface area contributed by atoms with Crippen LogP contribution < -0.4 is 5.32 Å². The Morgan fingerprint density at radius 3 is 2.04 bits per heavy atom. The average Bonchev–Trinajstić information content (AvgIpc) is 2.41. The molecule has 0 spiro atoms. The molecule has 0 aromatic heterocycles. The summed E-state index contributed by atoms with van der Waals surface area (Å²) in [5.74, 6) is -2.43. The highest BCUT2D eigenvalue weighted by molar-refractivity contribution is 5.94. The third-order valence-electron chi connectivity index (χ3n) is 2.52. The molecule has 124 valence electrons. The summed E-state index contributed by atoms with van der Waals surface area (Å²) in [6.07, 6.45) is 2.51. The van der Waals surface area contributed by atoms with Gasteiger partial charge in [0.1, 0.15) is 5.60 Å². The Labute approximate surface area is 133 Å². The highest BCUT2D eigenvalue weighted by Crippen LogP contribution is 2.12. The first-order valence-corrected chi connectivity index (χ1v) is 6.83. The monoisotopic (exact) mass is 321 g/mol. The van der Waals surface area contributed by atoms with Crippen LogP contribution in [-0.2, 0) is 4.74 Å². The molecular weight excluding hydrogens is 302 g/mol. The van der Waals surface area contributed by atoms with Crippen LogP contribution in [0.15, 0.2) is 24.3 Å². The van der Waals surface area contributed by atoms with E-state index in [1.165, 1.54) is 18.2 Å². The van der Waals surface area contributed by atoms with E-state index in [1.54, 1.807) is 26.8 Å². The van der Waals surface area contributed by atoms with E-state index < -0.39 is 23.6 Å². The van der Waals surface area contributed by atoms with Crippen molar-refractivity contribution in [3.63, 3.8) is 0 Å². The quantitative estimate of drug-likeness (QED) is 0.768. The minimum atomic E-state index is -1.21. The molecule has 1 rings (SSSR count). The molecule has 0 unspecified atom stereocenters. The van der Waals surface area contributed by atoms with E-state index in [0.717, 1.165) is 6.07 Å². The molecule has 0 aliphatic rings. The van der Waals surface area contributed by atoms with Crippen molar-refractivity contribution >= 4 is 24.1 Å². The van der Waals surface area contributed by atoms with Gasteiger partial charge >= 0.3 is 18.0 Å². The van der Waals surface area contributed by atoms with Gasteiger partial charge in [-0.3, -0.25) is 0 Å². The van der Waals surface area contributed by atoms with E-state index in [1.807, 2.05) is 0 Å². The van der Waals surface area contributed by atoms with Crippen molar-refractivity contribution in [1.82, 2.24) is 5.32 Å². The second-order valence-electron chi connectivity index (χ2n) is 5.74. The van der Waals surface area contributed by atoms with E-state index in [0.29, 0.717) is 5.56 Å². The maximum Gasteiger partial charge on any atom is 0.407 e. The van der Waals surface area contributed by atoms with Gasteiger partial charge in [0.15, 0.2) is 0 Å². The number of alkyl carbamates (subject to hydrolysis) is 1. The van der Waals surface area contributed by atoms with Gasteiger partial charge in [-0.25, -0.2) is 14.4 Å². The third-order valence-corrected chi connectivity index (χ3v) is 2.52. The van der Waals surface area contributed by atoms with E-state index in [9.17, 15) is 14.4 Å². The largest absolute Gasteiger partial charge is 0.478 e. The number of ether oxygens (including phenoxy) is 1. The summed E-state index contributed by atoms with van der Waals surface area (Å²) in [7, 11) is 0. The molecule has 0 saturated heterocycles. The minimum Gasteiger partial charge on any atom is -0.478 e. The third kappa shape index (κ3) is 6.64. The van der Waals surface area contributed by atoms with Crippen LogP contribution in [0.1, 0.15) is 47.1 Å². The number of carbonyl (C=O) groups is 3. The lowest BCUT2D eigenvalue weighted by Crippen LogP contribution is -2.32. The van der Waals surface area contributed by atoms with Crippen LogP contribution in [0.5, 0.6) is 0 Å². The van der Waals surface area contributed by atoms with Gasteiger partial charge in [-0.1, -0.05) is 12.2 Å². The molecule has 0 aliphatic heterocycles. The zero-order valence-corrected chi connectivity index (χ0v) is 13.1. The zero-order valence-electron chi connectivity index (χ0n) is 13.1. The fourth-order valence-electron chi connectivity index (χ4n) is 1.65. The molecule has 0 radical (unpaired) electrons. The second kappa shape index (κ2) is 7.44. The normalized spacial score (nSPS) is 11.3. The molecule has 1 amide bonds. The summed E-state index contributed by atoms with van der Waals surface area (Å²) >= 11 is 0. The Morgan fingerprint density at radius 2 is 1.61 bits per heavy atom. The molecule has 7 heteroatoms. The van der Waals surface area contributed by atoms with Gasteiger partial charge < -0.3 is 20.3 Å². The van der Waals surface area contributed by atoms with Crippen molar-refractivity contribution in [2.24, 2.45) is 0 Å². The maximum atomic E-state index is 11.4. The van der Waals surface area contributed by atoms with Crippen LogP contribution in [0.2, 0.25) is 0 Å². The molecule has 0 bridgehead atoms. The Bertz CT molecular complexity index is 610. The van der Waals surface area contributed by atoms with Crippen molar-refractivity contribution < 1.29 is 29.3 Å². The van der Waals surface area contributed by atoms with E-state index in [2.05, 4.69) is 5.32 Å². The maximum absolute atomic E-state index is 11.4. The molecule has 0 heterocycles. The number of amides is 1. The summed E-state index contributed by atoms with van der Waals surface area (Å²) in [5, 5.41) is 20.5. The molecule has 7 nitrogen and oxygen atoms in total. The number of hydrogen-bond acceptors (Lipinski definition) is 4. The number of benzene rings is 1. The number of carboxylic acids is 2. The van der Waals surface area contributed by atoms with E-state index in [-0.39, 0.29) is 17.7 Å². The number of hydrogen-bond donors (Lipinski definition) is 3. The van der Waals surface area contributed by atoms with Crippen molar-refractivity contribution in [2.45, 2.75) is 26.4 Å². The highest BCUT2D eigenvalue weighted by atomic mass is 16.6. The van der Waals surface area contributed by atoms with Crippen LogP contribution in [0.3, 0.4) is 0 Å². The number of rotatable bonds is 5. The number of aromatic carboxylic acids is 2. The van der Waals surface area contributed by atoms with Crippen molar-refractivity contribution in [3.8, 4) is 0 Å². The van der Waals surface area contributed by atoms with E-state index in [4.69, 9.17) is 14.9 Å². The predicted molar refractivity (Wildman–Crippen MR) is 83.6 cm³/mol. The molecule has 1 aromatic carbocycles. The SMILES string of the molecule is CC(C)(C)OC(=O)NCC=Cc1cc(C(=O)O)cc(C(=O)O)c1. The van der Waals surface area contributed by atoms with Gasteiger partial charge in [-0.2, -0.15) is 0 Å². The van der Waals surface area contributed by atoms with Gasteiger partial charge in [0, 0.05) is 6.54 Å². The first-order chi connectivity index (χ1) is 10.6. The van der Waals surface area contributed by atoms with Crippen molar-refractivity contribution in [3.05, 3.63) is 41.0 Å². The van der Waals surface area contributed by atoms with Crippen LogP contribution >= 0.6 is 0 Å². The smallest absolute Gasteiger partial charge is 0.407 e. The standard InChI is InChI=1S/C16H19NO6/c1-16(2,3)23-15(22)17-6-4-5-10-7-11(13(18)19)9-12(8-10)14(20)21/h4-5,7-9H,6H2,1-3H3,(H,17,22)(H,18,19)(H,20,21). The fourth-order valence-corrected chi connectivity index (χ4v) is 1.65. The Balaban J connectivity index is 2.74. The molecule has 0 atom stereocenters. The second-order valence-corrected chi connectivity index (χ2v) is 5.74. The van der Waals surface area contributed by atoms with Gasteiger partial charge in [0.25, 0.3) is 0 Å². The first kappa shape index (κ1) is 18.2. The average molecular weight is 321 g/mol. The molecule has 3 N–H and O–H groups in total. The summed E-state index contributed by atoms with van der Waals surface area (Å²) < 4.78 is 5.05. The van der Waals surface area contributed by atoms with Gasteiger partial charge in [0.2, 0.25) is 0 Å². The topological polar surface area (TPSA) is 113 Å². The van der Waals surface area contributed by atoms with Gasteiger partial charge in [-0.05, 0) is 44.5 Å². The summed E-state index contributed by atoms with van der Waals surface area (Å²) in [4.78, 5) is 33.4. The molecule has 0 fully saturated rings. The lowest BCUT2D eigenvalue weighted by atomic mass is 10.1. The van der Waals surface area contributed by atoms with E-state index >= 15 is 0 Å². The number of carboxylic acid groups (broad SMARTS) is 2. The predicted octanol–water partition coefficient (Wildman–Crippen LogP) is 2.62. The summed E-state index contributed by atoms with van der Waals surface area (Å²) in [5.41, 5.74) is -0.428. The fraction of sp³-hybridized carbons (Fsp3) is 0.312. The van der Waals surface area contributed by atoms with Crippen molar-refractivity contribution in [2.75, 3.05) is 6.54 Å². The lowest BCUT2D eigenvalue weighted by Gasteiger charge is -2.19. The van der Waals surface area contributed by atoms with Crippen LogP contribution in [0, 0.1) is 0 Å². The Hall–Kier alpha value is -2.83. The molecule has 0 saturated carbocycles. The van der Waals surface area contributed by atoms with Crippen LogP contribution in [0.25, 0.3) is 6.08 Å². The van der Waals surface area contributed by atoms with Crippen molar-refractivity contribution in [1.29, 1.82) is 0 Å². The molecule has 1 aromatic rings. The molecule has 23 heavy (non-hydrogen) atoms. The lowest BCUT2D eigenvalue weighted by molar-refractivity contribution is 0.0532. The number of nitrogens with one attached hydrogen (secondary N) is 1. The van der Waals surface area contributed by atoms with Crippen LogP contribution in [0.4, 0.5) is 4.79 Å². The first-order valence-electron chi connectivity index (χ1n) is 6.83. The zero-order chi connectivity index (χ0) is 17.6. The Morgan fingerprint density at radius 1 is 1.09 bits per heavy atom. The molecular formula is C16H19NO6. The van der Waals surface area contributed by atoms with Gasteiger partial charge in [-0.15, -0.1) is 0 Å². The summed E-state index contributed by atoms with van der Waals surface area (Å²) in [6.45, 7) is 5.39. The Kier molecular flexibility index (Phi) is 5.89.